The fourth-order valence-electron chi connectivity index (χ4n) is 8.48. The SMILES string of the molecule is CC1=C(C)C(C)([Si](c2cccc(Cc3ccccc3)c2)(c2cccc(Cc3ccccc3)c2)c2cccc(Cc3ccccc3)c2)[C]([Ti+3])=C1C.[Cl-].[Cl-].[Cl-]. The first-order chi connectivity index (χ1) is 24.3. The van der Waals surface area contributed by atoms with Crippen molar-refractivity contribution in [3.63, 3.8) is 0 Å². The zero-order valence-electron chi connectivity index (χ0n) is 30.8. The minimum atomic E-state index is -2.89. The van der Waals surface area contributed by atoms with Crippen LogP contribution in [0.25, 0.3) is 0 Å². The van der Waals surface area contributed by atoms with Crippen LogP contribution in [-0.4, -0.2) is 8.07 Å². The Labute approximate surface area is 348 Å². The molecule has 0 radical (unpaired) electrons. The second-order valence-corrected chi connectivity index (χ2v) is 19.2. The summed E-state index contributed by atoms with van der Waals surface area (Å²) in [5.74, 6) is 0. The van der Waals surface area contributed by atoms with Gasteiger partial charge in [-0.05, 0) is 0 Å². The van der Waals surface area contributed by atoms with Crippen LogP contribution in [-0.2, 0) is 39.7 Å². The third-order valence-corrected chi connectivity index (χ3v) is 18.7. The van der Waals surface area contributed by atoms with E-state index in [1.54, 1.807) is 0 Å². The van der Waals surface area contributed by atoms with E-state index in [0.29, 0.717) is 0 Å². The van der Waals surface area contributed by atoms with E-state index in [4.69, 9.17) is 0 Å². The Morgan fingerprint density at radius 3 is 1.00 bits per heavy atom. The Hall–Kier alpha value is -3.40. The zero-order valence-corrected chi connectivity index (χ0v) is 35.7. The number of benzene rings is 6. The molecule has 6 aromatic carbocycles. The van der Waals surface area contributed by atoms with Gasteiger partial charge in [0.1, 0.15) is 0 Å². The van der Waals surface area contributed by atoms with Crippen LogP contribution >= 0.6 is 0 Å². The van der Waals surface area contributed by atoms with Crippen LogP contribution < -0.4 is 52.8 Å². The van der Waals surface area contributed by atoms with Crippen LogP contribution in [0.3, 0.4) is 0 Å². The van der Waals surface area contributed by atoms with Crippen LogP contribution in [0.2, 0.25) is 5.04 Å². The van der Waals surface area contributed by atoms with E-state index in [0.717, 1.165) is 19.3 Å². The Balaban J connectivity index is 0.00000209. The molecular weight excluding hydrogens is 759 g/mol. The van der Waals surface area contributed by atoms with Crippen molar-refractivity contribution in [1.82, 2.24) is 0 Å². The largest absolute Gasteiger partial charge is 1.00 e. The van der Waals surface area contributed by atoms with Crippen molar-refractivity contribution < 1.29 is 57.7 Å². The minimum Gasteiger partial charge on any atom is -1.00 e. The van der Waals surface area contributed by atoms with Crippen LogP contribution in [0.5, 0.6) is 0 Å². The van der Waals surface area contributed by atoms with Crippen molar-refractivity contribution in [3.05, 3.63) is 218 Å². The molecule has 0 nitrogen and oxygen atoms in total. The van der Waals surface area contributed by atoms with Crippen molar-refractivity contribution in [2.45, 2.75) is 52.0 Å². The average molecular weight is 804 g/mol. The summed E-state index contributed by atoms with van der Waals surface area (Å²) in [6.45, 7) is 9.71. The summed E-state index contributed by atoms with van der Waals surface area (Å²) in [7, 11) is -2.89. The van der Waals surface area contributed by atoms with Crippen LogP contribution in [0.4, 0.5) is 0 Å². The molecule has 7 rings (SSSR count). The maximum atomic E-state index is 2.58. The van der Waals surface area contributed by atoms with Crippen molar-refractivity contribution >= 4 is 23.6 Å². The van der Waals surface area contributed by atoms with Gasteiger partial charge >= 0.3 is 314 Å². The van der Waals surface area contributed by atoms with E-state index in [1.165, 1.54) is 69.5 Å². The summed E-state index contributed by atoms with van der Waals surface area (Å²) in [5.41, 5.74) is 12.5. The number of rotatable bonds is 10. The molecule has 1 atom stereocenters. The van der Waals surface area contributed by atoms with E-state index >= 15 is 0 Å². The standard InChI is InChI=1S/C48H45Si.3ClH.Ti/c1-36-35-48(4,38(3)37(36)2)49(45-26-14-23-42(32-45)29-39-17-8-5-9-18-39,46-27-15-24-43(33-46)30-40-19-10-6-11-20-40)47-28-16-25-44(34-47)31-41-21-12-7-13-22-41;;;;/h5-28,32-34H,29-31H2,1-4H3;3*1H;/q;;;;+3/p-3. The molecule has 1 aliphatic carbocycles. The quantitative estimate of drug-likeness (QED) is 0.143. The molecule has 0 bridgehead atoms. The summed E-state index contributed by atoms with van der Waals surface area (Å²) in [6, 6.07) is 61.8. The molecule has 0 N–H and O–H groups in total. The molecule has 1 unspecified atom stereocenters. The fraction of sp³-hybridized carbons (Fsp3) is 0.167. The summed E-state index contributed by atoms with van der Waals surface area (Å²) in [6.07, 6.45) is 2.75. The van der Waals surface area contributed by atoms with Gasteiger partial charge in [0.15, 0.2) is 0 Å². The number of allylic oxidation sites excluding steroid dienone is 4. The molecule has 0 saturated carbocycles. The molecule has 0 heterocycles. The maximum absolute atomic E-state index is 2.89. The molecule has 5 heteroatoms. The fourth-order valence-corrected chi connectivity index (χ4v) is 16.2. The molecule has 0 fully saturated rings. The van der Waals surface area contributed by atoms with Crippen molar-refractivity contribution in [2.75, 3.05) is 0 Å². The number of hydrogen-bond acceptors (Lipinski definition) is 0. The minimum absolute atomic E-state index is 0. The second kappa shape index (κ2) is 18.3. The zero-order chi connectivity index (χ0) is 34.7. The van der Waals surface area contributed by atoms with Gasteiger partial charge in [-0.2, -0.15) is 0 Å². The van der Waals surface area contributed by atoms with Crippen molar-refractivity contribution in [2.24, 2.45) is 0 Å². The van der Waals surface area contributed by atoms with E-state index < -0.39 is 8.07 Å². The Morgan fingerprint density at radius 2 is 0.717 bits per heavy atom. The first-order valence-corrected chi connectivity index (χ1v) is 20.6. The first kappa shape index (κ1) is 42.3. The van der Waals surface area contributed by atoms with E-state index in [9.17, 15) is 0 Å². The smallest absolute Gasteiger partial charge is 1.00 e. The summed E-state index contributed by atoms with van der Waals surface area (Å²) >= 11 is 2.42. The summed E-state index contributed by atoms with van der Waals surface area (Å²) in [5, 5.41) is 4.25. The molecule has 0 aromatic heterocycles. The molecule has 0 spiro atoms. The first-order valence-electron chi connectivity index (χ1n) is 17.8. The van der Waals surface area contributed by atoms with E-state index in [1.807, 2.05) is 0 Å². The van der Waals surface area contributed by atoms with Gasteiger partial charge in [0.2, 0.25) is 0 Å². The summed E-state index contributed by atoms with van der Waals surface area (Å²) < 4.78 is 1.51. The Bertz CT molecular complexity index is 1960. The van der Waals surface area contributed by atoms with Crippen LogP contribution in [0.15, 0.2) is 184 Å². The maximum Gasteiger partial charge on any atom is -1.00 e. The summed E-state index contributed by atoms with van der Waals surface area (Å²) in [4.78, 5) is 0. The Morgan fingerprint density at radius 1 is 0.415 bits per heavy atom. The molecular formula is C48H45Cl3SiTi. The van der Waals surface area contributed by atoms with Gasteiger partial charge < -0.3 is 37.2 Å². The van der Waals surface area contributed by atoms with Crippen LogP contribution in [0.1, 0.15) is 61.1 Å². The Kier molecular flexibility index (Phi) is 14.6. The van der Waals surface area contributed by atoms with Gasteiger partial charge in [-0.15, -0.1) is 0 Å². The molecule has 0 aliphatic heterocycles. The van der Waals surface area contributed by atoms with Crippen LogP contribution in [0, 0.1) is 0 Å². The van der Waals surface area contributed by atoms with Crippen molar-refractivity contribution in [3.8, 4) is 0 Å². The molecule has 0 amide bonds. The van der Waals surface area contributed by atoms with E-state index in [-0.39, 0.29) is 42.3 Å². The number of hydrogen-bond donors (Lipinski definition) is 0. The van der Waals surface area contributed by atoms with E-state index in [2.05, 4.69) is 212 Å². The predicted octanol–water partition coefficient (Wildman–Crippen LogP) is 0.872. The van der Waals surface area contributed by atoms with Gasteiger partial charge in [-0.25, -0.2) is 0 Å². The molecule has 53 heavy (non-hydrogen) atoms. The topological polar surface area (TPSA) is 0 Å². The normalized spacial score (nSPS) is 15.4. The molecule has 6 aromatic rings. The molecule has 266 valence electrons. The predicted molar refractivity (Wildman–Crippen MR) is 211 cm³/mol. The third kappa shape index (κ3) is 8.18. The van der Waals surface area contributed by atoms with Gasteiger partial charge in [0.25, 0.3) is 0 Å². The molecule has 0 saturated heterocycles. The average Bonchev–Trinajstić information content (AvgIpc) is 3.29. The third-order valence-electron chi connectivity index (χ3n) is 11.3. The monoisotopic (exact) mass is 802 g/mol. The number of halogens is 3. The van der Waals surface area contributed by atoms with Crippen molar-refractivity contribution in [1.29, 1.82) is 0 Å². The van der Waals surface area contributed by atoms with Gasteiger partial charge in [0, 0.05) is 0 Å². The van der Waals surface area contributed by atoms with Gasteiger partial charge in [-0.1, -0.05) is 0 Å². The second-order valence-electron chi connectivity index (χ2n) is 14.2. The van der Waals surface area contributed by atoms with Gasteiger partial charge in [0.05, 0.1) is 0 Å². The van der Waals surface area contributed by atoms with Gasteiger partial charge in [-0.3, -0.25) is 0 Å². The molecule has 1 aliphatic rings.